The molecule has 0 aliphatic heterocycles. The molecule has 0 aromatic carbocycles. The molecule has 2 aromatic heterocycles. The van der Waals surface area contributed by atoms with Crippen molar-refractivity contribution < 1.29 is 18.0 Å². The lowest BCUT2D eigenvalue weighted by molar-refractivity contribution is -0.119. The average molecular weight is 446 g/mol. The van der Waals surface area contributed by atoms with Gasteiger partial charge in [-0.3, -0.25) is 14.8 Å². The van der Waals surface area contributed by atoms with Gasteiger partial charge in [0.1, 0.15) is 18.5 Å². The largest absolute Gasteiger partial charge is 0.405 e. The molecule has 0 spiro atoms. The highest BCUT2D eigenvalue weighted by Gasteiger charge is 2.45. The summed E-state index contributed by atoms with van der Waals surface area (Å²) in [6.45, 7) is 0.856. The molecule has 0 N–H and O–H groups in total. The first kappa shape index (κ1) is 22.8. The number of nitrogens with zero attached hydrogens (tertiary/aromatic N) is 4. The van der Waals surface area contributed by atoms with Gasteiger partial charge in [0.15, 0.2) is 0 Å². The Balaban J connectivity index is 2.05. The van der Waals surface area contributed by atoms with Gasteiger partial charge in [0.25, 0.3) is 0 Å². The van der Waals surface area contributed by atoms with Gasteiger partial charge in [0.2, 0.25) is 0 Å². The zero-order valence-electron chi connectivity index (χ0n) is 17.1. The second-order valence-corrected chi connectivity index (χ2v) is 8.60. The van der Waals surface area contributed by atoms with Gasteiger partial charge in [0.05, 0.1) is 29.1 Å². The van der Waals surface area contributed by atoms with E-state index in [1.165, 1.54) is 25.4 Å². The van der Waals surface area contributed by atoms with Gasteiger partial charge in [-0.05, 0) is 48.4 Å². The summed E-state index contributed by atoms with van der Waals surface area (Å²) < 4.78 is 38.6. The molecular weight excluding hydrogens is 425 g/mol. The highest BCUT2D eigenvalue weighted by atomic mass is 32.2. The standard InChI is InChI=1S/C22H21F3N4OS/c1-3-31-19-10-16(21(13-26)6-7-21)11-28-20(19)17-9-15(5-4-8-30)18(12-27-17)29(2)14-22(23,24)25/h4-5,8-12H,3,6-7,14H2,1-2H3/b5-4-. The zero-order chi connectivity index (χ0) is 22.6. The summed E-state index contributed by atoms with van der Waals surface area (Å²) >= 11 is 1.56. The molecule has 0 radical (unpaired) electrons. The number of aromatic nitrogens is 2. The number of thioether (sulfide) groups is 1. The molecule has 1 aliphatic rings. The molecule has 9 heteroatoms. The van der Waals surface area contributed by atoms with Crippen molar-refractivity contribution in [1.29, 1.82) is 5.26 Å². The van der Waals surface area contributed by atoms with Gasteiger partial charge in [-0.2, -0.15) is 18.4 Å². The number of nitriles is 1. The molecule has 1 aliphatic carbocycles. The summed E-state index contributed by atoms with van der Waals surface area (Å²) in [4.78, 5) is 21.6. The lowest BCUT2D eigenvalue weighted by Crippen LogP contribution is -2.31. The molecule has 1 saturated carbocycles. The first-order chi connectivity index (χ1) is 14.7. The molecule has 0 bridgehead atoms. The van der Waals surface area contributed by atoms with E-state index >= 15 is 0 Å². The molecule has 2 heterocycles. The third kappa shape index (κ3) is 5.25. The normalized spacial score (nSPS) is 15.0. The molecule has 3 rings (SSSR count). The fourth-order valence-electron chi connectivity index (χ4n) is 3.30. The molecule has 0 atom stereocenters. The van der Waals surface area contributed by atoms with Crippen LogP contribution < -0.4 is 4.90 Å². The Morgan fingerprint density at radius 2 is 2.03 bits per heavy atom. The first-order valence-corrected chi connectivity index (χ1v) is 10.7. The minimum Gasteiger partial charge on any atom is -0.364 e. The fraction of sp³-hybridized carbons (Fsp3) is 0.364. The van der Waals surface area contributed by atoms with Crippen molar-refractivity contribution in [2.45, 2.75) is 36.3 Å². The number of pyridine rings is 2. The number of hydrogen-bond donors (Lipinski definition) is 0. The van der Waals surface area contributed by atoms with E-state index in [1.807, 2.05) is 13.0 Å². The molecule has 0 saturated heterocycles. The molecular formula is C22H21F3N4OS. The Morgan fingerprint density at radius 1 is 1.29 bits per heavy atom. The maximum Gasteiger partial charge on any atom is 0.405 e. The summed E-state index contributed by atoms with van der Waals surface area (Å²) in [7, 11) is 1.32. The summed E-state index contributed by atoms with van der Waals surface area (Å²) in [6, 6.07) is 5.95. The van der Waals surface area contributed by atoms with Crippen LogP contribution in [0.2, 0.25) is 0 Å². The van der Waals surface area contributed by atoms with Gasteiger partial charge >= 0.3 is 6.18 Å². The predicted molar refractivity (Wildman–Crippen MR) is 115 cm³/mol. The molecule has 2 aromatic rings. The number of carbonyl (C=O) groups excluding carboxylic acids is 1. The van der Waals surface area contributed by atoms with Crippen LogP contribution in [0.1, 0.15) is 30.9 Å². The van der Waals surface area contributed by atoms with Crippen molar-refractivity contribution in [2.24, 2.45) is 0 Å². The smallest absolute Gasteiger partial charge is 0.364 e. The van der Waals surface area contributed by atoms with Crippen molar-refractivity contribution in [2.75, 3.05) is 24.2 Å². The van der Waals surface area contributed by atoms with Gasteiger partial charge < -0.3 is 4.90 Å². The maximum atomic E-state index is 12.9. The van der Waals surface area contributed by atoms with Crippen LogP contribution >= 0.6 is 11.8 Å². The SMILES string of the molecule is CCSc1cc(C2(C#N)CC2)cnc1-c1cc(/C=C\C=O)c(N(C)CC(F)(F)F)cn1. The van der Waals surface area contributed by atoms with Crippen molar-refractivity contribution in [3.05, 3.63) is 41.7 Å². The van der Waals surface area contributed by atoms with Crippen molar-refractivity contribution in [3.8, 4) is 17.5 Å². The number of aldehydes is 1. The molecule has 0 unspecified atom stereocenters. The maximum absolute atomic E-state index is 12.9. The van der Waals surface area contributed by atoms with Crippen LogP contribution in [0.25, 0.3) is 17.5 Å². The van der Waals surface area contributed by atoms with Crippen LogP contribution in [-0.4, -0.2) is 41.8 Å². The minimum absolute atomic E-state index is 0.252. The lowest BCUT2D eigenvalue weighted by atomic mass is 9.99. The summed E-state index contributed by atoms with van der Waals surface area (Å²) in [5.41, 5.74) is 2.16. The van der Waals surface area contributed by atoms with Crippen molar-refractivity contribution in [3.63, 3.8) is 0 Å². The molecule has 5 nitrogen and oxygen atoms in total. The van der Waals surface area contributed by atoms with E-state index in [0.717, 1.165) is 34.0 Å². The highest BCUT2D eigenvalue weighted by molar-refractivity contribution is 7.99. The molecule has 0 amide bonds. The summed E-state index contributed by atoms with van der Waals surface area (Å²) in [6.07, 6.45) is 3.52. The van der Waals surface area contributed by atoms with Crippen molar-refractivity contribution in [1.82, 2.24) is 9.97 Å². The van der Waals surface area contributed by atoms with Crippen LogP contribution in [0, 0.1) is 11.3 Å². The van der Waals surface area contributed by atoms with Crippen LogP contribution in [-0.2, 0) is 10.2 Å². The topological polar surface area (TPSA) is 69.9 Å². The molecule has 1 fully saturated rings. The van der Waals surface area contributed by atoms with Gasteiger partial charge in [-0.25, -0.2) is 0 Å². The highest BCUT2D eigenvalue weighted by Crippen LogP contribution is 2.48. The van der Waals surface area contributed by atoms with Gasteiger partial charge in [0, 0.05) is 23.7 Å². The van der Waals surface area contributed by atoms with E-state index in [2.05, 4.69) is 16.0 Å². The van der Waals surface area contributed by atoms with Crippen LogP contribution in [0.3, 0.4) is 0 Å². The van der Waals surface area contributed by atoms with E-state index in [1.54, 1.807) is 24.0 Å². The summed E-state index contributed by atoms with van der Waals surface area (Å²) in [5, 5.41) is 9.48. The number of alkyl halides is 3. The van der Waals surface area contributed by atoms with E-state index in [4.69, 9.17) is 0 Å². The number of carbonyl (C=O) groups is 1. The minimum atomic E-state index is -4.37. The van der Waals surface area contributed by atoms with Crippen LogP contribution in [0.15, 0.2) is 35.5 Å². The third-order valence-electron chi connectivity index (χ3n) is 5.01. The summed E-state index contributed by atoms with van der Waals surface area (Å²) in [5.74, 6) is 0.780. The number of hydrogen-bond acceptors (Lipinski definition) is 6. The molecule has 162 valence electrons. The van der Waals surface area contributed by atoms with E-state index in [0.29, 0.717) is 23.2 Å². The van der Waals surface area contributed by atoms with Crippen LogP contribution in [0.4, 0.5) is 18.9 Å². The van der Waals surface area contributed by atoms with E-state index < -0.39 is 18.1 Å². The quantitative estimate of drug-likeness (QED) is 0.322. The lowest BCUT2D eigenvalue weighted by Gasteiger charge is -2.23. The Bertz CT molecular complexity index is 1040. The fourth-order valence-corrected chi connectivity index (χ4v) is 4.11. The predicted octanol–water partition coefficient (Wildman–Crippen LogP) is 5.02. The first-order valence-electron chi connectivity index (χ1n) is 9.67. The van der Waals surface area contributed by atoms with Gasteiger partial charge in [-0.15, -0.1) is 11.8 Å². The third-order valence-corrected chi connectivity index (χ3v) is 5.92. The van der Waals surface area contributed by atoms with Crippen LogP contribution in [0.5, 0.6) is 0 Å². The van der Waals surface area contributed by atoms with E-state index in [-0.39, 0.29) is 5.69 Å². The Hall–Kier alpha value is -2.86. The van der Waals surface area contributed by atoms with E-state index in [9.17, 15) is 23.2 Å². The van der Waals surface area contributed by atoms with Crippen molar-refractivity contribution >= 4 is 29.8 Å². The second-order valence-electron chi connectivity index (χ2n) is 7.29. The number of halogens is 3. The Labute approximate surface area is 183 Å². The van der Waals surface area contributed by atoms with Gasteiger partial charge in [-0.1, -0.05) is 6.92 Å². The average Bonchev–Trinajstić information content (AvgIpc) is 3.52. The Morgan fingerprint density at radius 3 is 2.61 bits per heavy atom. The number of rotatable bonds is 8. The molecule has 31 heavy (non-hydrogen) atoms. The zero-order valence-corrected chi connectivity index (χ0v) is 17.9. The second kappa shape index (κ2) is 9.10. The monoisotopic (exact) mass is 446 g/mol. The number of allylic oxidation sites excluding steroid dienone is 1. The number of anilines is 1. The Kier molecular flexibility index (Phi) is 6.70.